The van der Waals surface area contributed by atoms with Gasteiger partial charge < -0.3 is 14.7 Å². The van der Waals surface area contributed by atoms with Crippen LogP contribution in [0.25, 0.3) is 55.6 Å². The van der Waals surface area contributed by atoms with Crippen molar-refractivity contribution < 1.29 is 22.0 Å². The number of aryl methyl sites for hydroxylation is 1. The summed E-state index contributed by atoms with van der Waals surface area (Å²) in [6.45, 7) is 2.07. The Bertz CT molecular complexity index is 2100. The molecule has 43 heavy (non-hydrogen) atoms. The molecule has 4 aromatic carbocycles. The lowest BCUT2D eigenvalue weighted by Crippen LogP contribution is -2.25. The molecule has 2 heterocycles. The van der Waals surface area contributed by atoms with Crippen LogP contribution in [0.5, 0.6) is 0 Å². The average molecular weight is 596 g/mol. The Hall–Kier alpha value is -4.89. The number of para-hydroxylation sites is 1. The van der Waals surface area contributed by atoms with Crippen molar-refractivity contribution in [2.45, 2.75) is 13.3 Å². The highest BCUT2D eigenvalue weighted by molar-refractivity contribution is 7.92. The number of furan rings is 1. The summed E-state index contributed by atoms with van der Waals surface area (Å²) in [6.07, 6.45) is 1.89. The van der Waals surface area contributed by atoms with Crippen molar-refractivity contribution in [1.29, 1.82) is 0 Å². The predicted octanol–water partition coefficient (Wildman–Crippen LogP) is 7.37. The van der Waals surface area contributed by atoms with Crippen LogP contribution in [0.4, 0.5) is 10.1 Å². The van der Waals surface area contributed by atoms with Gasteiger partial charge in [-0.25, -0.2) is 12.8 Å². The molecule has 9 heteroatoms. The highest BCUT2D eigenvalue weighted by Crippen LogP contribution is 2.42. The number of hydrogen-bond acceptors (Lipinski definition) is 4. The molecular weight excluding hydrogens is 565 g/mol. The Kier molecular flexibility index (Phi) is 7.06. The monoisotopic (exact) mass is 595 g/mol. The minimum absolute atomic E-state index is 0.264. The van der Waals surface area contributed by atoms with Crippen LogP contribution < -0.4 is 9.62 Å². The topological polar surface area (TPSA) is 95.4 Å². The lowest BCUT2D eigenvalue weighted by Gasteiger charge is -2.21. The standard InChI is InChI=1S/C34H30FN3O4S/c1-5-20-14-23(16-24(15-20)29-17-22-8-6-7-9-28(22)37-29)26-18-27-31(19-30(26)38(3)43(4,40)41)42-33(32(27)34(39)36-2)21-10-12-25(35)13-11-21/h6-19,37H,5H2,1-4H3,(H,36,39). The number of benzene rings is 4. The van der Waals surface area contributed by atoms with Gasteiger partial charge in [0, 0.05) is 53.3 Å². The van der Waals surface area contributed by atoms with E-state index in [4.69, 9.17) is 4.42 Å². The number of carbonyl (C=O) groups excluding carboxylic acids is 1. The Morgan fingerprint density at radius 3 is 2.35 bits per heavy atom. The third-order valence-electron chi connectivity index (χ3n) is 7.76. The summed E-state index contributed by atoms with van der Waals surface area (Å²) in [6, 6.07) is 25.4. The van der Waals surface area contributed by atoms with E-state index >= 15 is 0 Å². The van der Waals surface area contributed by atoms with Crippen LogP contribution >= 0.6 is 0 Å². The van der Waals surface area contributed by atoms with Crippen molar-refractivity contribution in [3.8, 4) is 33.7 Å². The molecule has 0 aliphatic heterocycles. The fourth-order valence-corrected chi connectivity index (χ4v) is 5.90. The smallest absolute Gasteiger partial charge is 0.255 e. The molecule has 1 amide bonds. The second-order valence-corrected chi connectivity index (χ2v) is 12.5. The van der Waals surface area contributed by atoms with Crippen molar-refractivity contribution in [3.05, 3.63) is 102 Å². The third kappa shape index (κ3) is 5.17. The Labute approximate surface area is 249 Å². The number of nitrogens with zero attached hydrogens (tertiary/aromatic N) is 1. The number of aromatic nitrogens is 1. The van der Waals surface area contributed by atoms with Crippen molar-refractivity contribution in [3.63, 3.8) is 0 Å². The maximum Gasteiger partial charge on any atom is 0.255 e. The van der Waals surface area contributed by atoms with E-state index < -0.39 is 15.8 Å². The van der Waals surface area contributed by atoms with Crippen molar-refractivity contribution >= 4 is 43.5 Å². The molecule has 7 nitrogen and oxygen atoms in total. The summed E-state index contributed by atoms with van der Waals surface area (Å²) in [7, 11) is -0.648. The lowest BCUT2D eigenvalue weighted by atomic mass is 9.94. The van der Waals surface area contributed by atoms with Gasteiger partial charge in [0.1, 0.15) is 17.2 Å². The summed E-state index contributed by atoms with van der Waals surface area (Å²) >= 11 is 0. The molecule has 0 aliphatic rings. The van der Waals surface area contributed by atoms with Crippen LogP contribution in [0.2, 0.25) is 0 Å². The minimum atomic E-state index is -3.67. The van der Waals surface area contributed by atoms with E-state index in [1.165, 1.54) is 30.5 Å². The minimum Gasteiger partial charge on any atom is -0.455 e. The first-order valence-corrected chi connectivity index (χ1v) is 15.7. The molecule has 0 spiro atoms. The molecule has 2 aromatic heterocycles. The number of aromatic amines is 1. The first-order chi connectivity index (χ1) is 20.6. The summed E-state index contributed by atoms with van der Waals surface area (Å²) in [5, 5.41) is 4.27. The zero-order valence-corrected chi connectivity index (χ0v) is 25.0. The molecule has 6 rings (SSSR count). The molecule has 0 bridgehead atoms. The SMILES string of the molecule is CCc1cc(-c2cc3ccccc3[nH]2)cc(-c2cc3c(C(=O)NC)c(-c4ccc(F)cc4)oc3cc2N(C)S(C)(=O)=O)c1. The van der Waals surface area contributed by atoms with E-state index in [2.05, 4.69) is 29.4 Å². The fraction of sp³-hybridized carbons (Fsp3) is 0.147. The van der Waals surface area contributed by atoms with Crippen molar-refractivity contribution in [2.24, 2.45) is 0 Å². The first kappa shape index (κ1) is 28.2. The van der Waals surface area contributed by atoms with Gasteiger partial charge in [0.15, 0.2) is 0 Å². The second-order valence-electron chi connectivity index (χ2n) is 10.5. The number of rotatable bonds is 7. The van der Waals surface area contributed by atoms with Gasteiger partial charge in [-0.2, -0.15) is 0 Å². The van der Waals surface area contributed by atoms with Crippen molar-refractivity contribution in [2.75, 3.05) is 24.7 Å². The van der Waals surface area contributed by atoms with Gasteiger partial charge in [0.25, 0.3) is 5.91 Å². The summed E-state index contributed by atoms with van der Waals surface area (Å²) in [5.41, 5.74) is 6.88. The normalized spacial score (nSPS) is 11.7. The van der Waals surface area contributed by atoms with Gasteiger partial charge in [-0.1, -0.05) is 31.2 Å². The molecule has 0 saturated heterocycles. The van der Waals surface area contributed by atoms with Crippen LogP contribution in [-0.4, -0.2) is 39.7 Å². The molecule has 0 unspecified atom stereocenters. The molecule has 0 saturated carbocycles. The van der Waals surface area contributed by atoms with Gasteiger partial charge in [-0.05, 0) is 77.7 Å². The van der Waals surface area contributed by atoms with E-state index in [-0.39, 0.29) is 17.2 Å². The lowest BCUT2D eigenvalue weighted by molar-refractivity contribution is 0.0964. The number of amides is 1. The van der Waals surface area contributed by atoms with E-state index in [1.807, 2.05) is 36.4 Å². The number of halogens is 1. The number of carbonyl (C=O) groups is 1. The van der Waals surface area contributed by atoms with Crippen molar-refractivity contribution in [1.82, 2.24) is 10.3 Å². The second kappa shape index (κ2) is 10.7. The molecule has 0 aliphatic carbocycles. The zero-order valence-electron chi connectivity index (χ0n) is 24.2. The van der Waals surface area contributed by atoms with Crippen LogP contribution in [0.15, 0.2) is 89.3 Å². The Morgan fingerprint density at radius 1 is 0.953 bits per heavy atom. The predicted molar refractivity (Wildman–Crippen MR) is 170 cm³/mol. The largest absolute Gasteiger partial charge is 0.455 e. The van der Waals surface area contributed by atoms with E-state index in [0.29, 0.717) is 27.8 Å². The van der Waals surface area contributed by atoms with E-state index in [0.717, 1.165) is 46.0 Å². The van der Waals surface area contributed by atoms with E-state index in [1.54, 1.807) is 24.3 Å². The summed E-state index contributed by atoms with van der Waals surface area (Å²) in [4.78, 5) is 16.7. The van der Waals surface area contributed by atoms with Gasteiger partial charge in [0.05, 0.1) is 17.5 Å². The number of hydrogen-bond donors (Lipinski definition) is 2. The van der Waals surface area contributed by atoms with Gasteiger partial charge in [0.2, 0.25) is 10.0 Å². The highest BCUT2D eigenvalue weighted by Gasteiger charge is 2.26. The molecular formula is C34H30FN3O4S. The molecule has 2 N–H and O–H groups in total. The Morgan fingerprint density at radius 2 is 1.67 bits per heavy atom. The van der Waals surface area contributed by atoms with Crippen LogP contribution in [-0.2, 0) is 16.4 Å². The molecule has 6 aromatic rings. The number of H-pyrrole nitrogens is 1. The highest BCUT2D eigenvalue weighted by atomic mass is 32.2. The first-order valence-electron chi connectivity index (χ1n) is 13.8. The maximum atomic E-state index is 13.7. The third-order valence-corrected chi connectivity index (χ3v) is 8.95. The van der Waals surface area contributed by atoms with Crippen LogP contribution in [0, 0.1) is 5.82 Å². The Balaban J connectivity index is 1.64. The zero-order chi connectivity index (χ0) is 30.5. The number of nitrogens with one attached hydrogen (secondary N) is 2. The molecule has 218 valence electrons. The number of anilines is 1. The maximum absolute atomic E-state index is 13.7. The van der Waals surface area contributed by atoms with Gasteiger partial charge >= 0.3 is 0 Å². The van der Waals surface area contributed by atoms with Gasteiger partial charge in [-0.15, -0.1) is 0 Å². The average Bonchev–Trinajstić information content (AvgIpc) is 3.61. The quantitative estimate of drug-likeness (QED) is 0.201. The molecule has 0 atom stereocenters. The number of fused-ring (bicyclic) bond motifs is 2. The van der Waals surface area contributed by atoms with Crippen LogP contribution in [0.3, 0.4) is 0 Å². The molecule has 0 fully saturated rings. The van der Waals surface area contributed by atoms with E-state index in [9.17, 15) is 17.6 Å². The fourth-order valence-electron chi connectivity index (χ4n) is 5.39. The number of sulfonamides is 1. The van der Waals surface area contributed by atoms with Gasteiger partial charge in [-0.3, -0.25) is 9.10 Å². The summed E-state index contributed by atoms with van der Waals surface area (Å²) in [5.74, 6) is -0.530. The summed E-state index contributed by atoms with van der Waals surface area (Å²) < 4.78 is 46.8. The van der Waals surface area contributed by atoms with Crippen LogP contribution in [0.1, 0.15) is 22.8 Å². The molecule has 0 radical (unpaired) electrons.